The zero-order valence-corrected chi connectivity index (χ0v) is 12.9. The van der Waals surface area contributed by atoms with E-state index in [9.17, 15) is 5.11 Å². The van der Waals surface area contributed by atoms with Crippen molar-refractivity contribution < 1.29 is 5.11 Å². The molecule has 2 rings (SSSR count). The number of nitrogens with two attached hydrogens (primary N) is 1. The van der Waals surface area contributed by atoms with Crippen LogP contribution in [0.1, 0.15) is 19.5 Å². The molecule has 0 bridgehead atoms. The first-order valence-corrected chi connectivity index (χ1v) is 7.22. The molecule has 6 heteroatoms. The number of thiocarbonyl (C=S) groups is 1. The lowest BCUT2D eigenvalue weighted by Gasteiger charge is -2.37. The number of aromatic nitrogens is 1. The van der Waals surface area contributed by atoms with E-state index in [0.717, 1.165) is 32.0 Å². The van der Waals surface area contributed by atoms with Crippen LogP contribution < -0.4 is 10.6 Å². The molecular weight excluding hydrogens is 272 g/mol. The van der Waals surface area contributed by atoms with E-state index < -0.39 is 5.60 Å². The first-order chi connectivity index (χ1) is 9.35. The van der Waals surface area contributed by atoms with Gasteiger partial charge in [0.25, 0.3) is 0 Å². The summed E-state index contributed by atoms with van der Waals surface area (Å²) in [5.41, 5.74) is 5.63. The van der Waals surface area contributed by atoms with Gasteiger partial charge in [-0.25, -0.2) is 4.98 Å². The molecule has 1 aliphatic rings. The molecule has 0 saturated carbocycles. The molecule has 1 fully saturated rings. The fraction of sp³-hybridized carbons (Fsp3) is 0.571. The van der Waals surface area contributed by atoms with Crippen LogP contribution in [0.4, 0.5) is 5.82 Å². The number of hydrogen-bond donors (Lipinski definition) is 2. The quantitative estimate of drug-likeness (QED) is 0.793. The summed E-state index contributed by atoms with van der Waals surface area (Å²) in [6, 6.07) is 5.74. The van der Waals surface area contributed by atoms with Crippen LogP contribution >= 0.6 is 12.2 Å². The summed E-state index contributed by atoms with van der Waals surface area (Å²) in [6.07, 6.45) is 0. The fourth-order valence-corrected chi connectivity index (χ4v) is 2.53. The van der Waals surface area contributed by atoms with Crippen molar-refractivity contribution in [1.29, 1.82) is 0 Å². The van der Waals surface area contributed by atoms with Gasteiger partial charge in [0.1, 0.15) is 10.8 Å². The van der Waals surface area contributed by atoms with Crippen LogP contribution in [0.3, 0.4) is 0 Å². The van der Waals surface area contributed by atoms with Crippen molar-refractivity contribution in [3.05, 3.63) is 23.9 Å². The molecule has 0 aromatic carbocycles. The Morgan fingerprint density at radius 3 is 2.55 bits per heavy atom. The SMILES string of the molecule is CC(C)(O)CN1CCN(c2cccc(C(N)=S)n2)CC1. The van der Waals surface area contributed by atoms with Crippen molar-refractivity contribution in [2.24, 2.45) is 5.73 Å². The van der Waals surface area contributed by atoms with Crippen molar-refractivity contribution in [3.63, 3.8) is 0 Å². The van der Waals surface area contributed by atoms with Gasteiger partial charge in [-0.15, -0.1) is 0 Å². The Labute approximate surface area is 125 Å². The molecule has 0 atom stereocenters. The van der Waals surface area contributed by atoms with E-state index in [1.807, 2.05) is 32.0 Å². The lowest BCUT2D eigenvalue weighted by atomic mass is 10.1. The van der Waals surface area contributed by atoms with Crippen LogP contribution in [0.2, 0.25) is 0 Å². The van der Waals surface area contributed by atoms with E-state index in [1.54, 1.807) is 0 Å². The van der Waals surface area contributed by atoms with Gasteiger partial charge in [0.05, 0.1) is 11.3 Å². The van der Waals surface area contributed by atoms with Crippen LogP contribution in [-0.4, -0.2) is 58.3 Å². The minimum atomic E-state index is -0.647. The van der Waals surface area contributed by atoms with Crippen LogP contribution in [0.15, 0.2) is 18.2 Å². The summed E-state index contributed by atoms with van der Waals surface area (Å²) >= 11 is 4.96. The van der Waals surface area contributed by atoms with Gasteiger partial charge in [-0.1, -0.05) is 18.3 Å². The second kappa shape index (κ2) is 6.03. The maximum atomic E-state index is 9.85. The highest BCUT2D eigenvalue weighted by molar-refractivity contribution is 7.80. The Bertz CT molecular complexity index is 478. The van der Waals surface area contributed by atoms with Gasteiger partial charge in [0.2, 0.25) is 0 Å². The topological polar surface area (TPSA) is 65.6 Å². The lowest BCUT2D eigenvalue weighted by molar-refractivity contribution is 0.0344. The Balaban J connectivity index is 1.97. The third kappa shape index (κ3) is 4.13. The van der Waals surface area contributed by atoms with E-state index >= 15 is 0 Å². The maximum absolute atomic E-state index is 9.85. The minimum absolute atomic E-state index is 0.326. The van der Waals surface area contributed by atoms with Gasteiger partial charge >= 0.3 is 0 Å². The van der Waals surface area contributed by atoms with E-state index in [4.69, 9.17) is 18.0 Å². The monoisotopic (exact) mass is 294 g/mol. The molecule has 1 saturated heterocycles. The van der Waals surface area contributed by atoms with Crippen molar-refractivity contribution in [2.75, 3.05) is 37.6 Å². The average molecular weight is 294 g/mol. The number of pyridine rings is 1. The van der Waals surface area contributed by atoms with Crippen molar-refractivity contribution in [1.82, 2.24) is 9.88 Å². The van der Waals surface area contributed by atoms with Gasteiger partial charge in [-0.05, 0) is 26.0 Å². The summed E-state index contributed by atoms with van der Waals surface area (Å²) < 4.78 is 0. The standard InChI is InChI=1S/C14H22N4OS/c1-14(2,19)10-17-6-8-18(9-7-17)12-5-3-4-11(16-12)13(15)20/h3-5,19H,6-10H2,1-2H3,(H2,15,20). The van der Waals surface area contributed by atoms with Gasteiger partial charge in [-0.3, -0.25) is 4.90 Å². The van der Waals surface area contributed by atoms with Crippen LogP contribution in [0, 0.1) is 0 Å². The predicted octanol–water partition coefficient (Wildman–Crippen LogP) is 0.609. The molecule has 5 nitrogen and oxygen atoms in total. The van der Waals surface area contributed by atoms with Crippen molar-refractivity contribution in [3.8, 4) is 0 Å². The summed E-state index contributed by atoms with van der Waals surface area (Å²) in [5.74, 6) is 0.915. The fourth-order valence-electron chi connectivity index (χ4n) is 2.42. The lowest BCUT2D eigenvalue weighted by Crippen LogP contribution is -2.50. The molecule has 0 unspecified atom stereocenters. The first-order valence-electron chi connectivity index (χ1n) is 6.82. The molecule has 1 aromatic rings. The van der Waals surface area contributed by atoms with E-state index in [1.165, 1.54) is 0 Å². The number of piperazine rings is 1. The summed E-state index contributed by atoms with van der Waals surface area (Å²) in [5, 5.41) is 9.85. The number of rotatable bonds is 4. The molecule has 0 spiro atoms. The van der Waals surface area contributed by atoms with Gasteiger partial charge in [0, 0.05) is 32.7 Å². The summed E-state index contributed by atoms with van der Waals surface area (Å²) in [7, 11) is 0. The highest BCUT2D eigenvalue weighted by atomic mass is 32.1. The zero-order chi connectivity index (χ0) is 14.8. The molecule has 3 N–H and O–H groups in total. The van der Waals surface area contributed by atoms with E-state index in [0.29, 0.717) is 17.2 Å². The Kier molecular flexibility index (Phi) is 4.57. The molecular formula is C14H22N4OS. The minimum Gasteiger partial charge on any atom is -0.389 e. The highest BCUT2D eigenvalue weighted by Gasteiger charge is 2.23. The highest BCUT2D eigenvalue weighted by Crippen LogP contribution is 2.15. The van der Waals surface area contributed by atoms with Crippen LogP contribution in [0.25, 0.3) is 0 Å². The van der Waals surface area contributed by atoms with E-state index in [-0.39, 0.29) is 0 Å². The third-order valence-electron chi connectivity index (χ3n) is 3.29. The Hall–Kier alpha value is -1.24. The zero-order valence-electron chi connectivity index (χ0n) is 12.0. The van der Waals surface area contributed by atoms with Gasteiger partial charge in [-0.2, -0.15) is 0 Å². The number of aliphatic hydroxyl groups is 1. The van der Waals surface area contributed by atoms with Crippen LogP contribution in [-0.2, 0) is 0 Å². The summed E-state index contributed by atoms with van der Waals surface area (Å²) in [4.78, 5) is 9.31. The molecule has 0 amide bonds. The molecule has 0 aliphatic carbocycles. The average Bonchev–Trinajstić information content (AvgIpc) is 2.38. The third-order valence-corrected chi connectivity index (χ3v) is 3.50. The smallest absolute Gasteiger partial charge is 0.129 e. The number of anilines is 1. The van der Waals surface area contributed by atoms with Gasteiger partial charge in [0.15, 0.2) is 0 Å². The van der Waals surface area contributed by atoms with Crippen LogP contribution in [0.5, 0.6) is 0 Å². The largest absolute Gasteiger partial charge is 0.389 e. The number of nitrogens with zero attached hydrogens (tertiary/aromatic N) is 3. The Morgan fingerprint density at radius 1 is 1.35 bits per heavy atom. The second-order valence-electron chi connectivity index (χ2n) is 5.82. The predicted molar refractivity (Wildman–Crippen MR) is 85.1 cm³/mol. The van der Waals surface area contributed by atoms with Gasteiger partial charge < -0.3 is 15.7 Å². The molecule has 2 heterocycles. The summed E-state index contributed by atoms with van der Waals surface area (Å²) in [6.45, 7) is 8.00. The normalized spacial score (nSPS) is 17.2. The molecule has 0 radical (unpaired) electrons. The van der Waals surface area contributed by atoms with Crippen molar-refractivity contribution >= 4 is 23.0 Å². The first kappa shape index (κ1) is 15.2. The number of β-amino-alcohol motifs (C(OH)–C–C–N with tert-alkyl or cyclic N) is 1. The second-order valence-corrected chi connectivity index (χ2v) is 6.26. The van der Waals surface area contributed by atoms with Crippen molar-refractivity contribution in [2.45, 2.75) is 19.4 Å². The Morgan fingerprint density at radius 2 is 2.00 bits per heavy atom. The number of hydrogen-bond acceptors (Lipinski definition) is 5. The molecule has 1 aliphatic heterocycles. The van der Waals surface area contributed by atoms with E-state index in [2.05, 4.69) is 14.8 Å². The molecule has 110 valence electrons. The maximum Gasteiger partial charge on any atom is 0.129 e. The molecule has 20 heavy (non-hydrogen) atoms. The molecule has 1 aromatic heterocycles.